The highest BCUT2D eigenvalue weighted by molar-refractivity contribution is 5.81. The molecule has 1 fully saturated rings. The van der Waals surface area contributed by atoms with Crippen LogP contribution in [0.15, 0.2) is 61.2 Å². The lowest BCUT2D eigenvalue weighted by Gasteiger charge is -2.19. The van der Waals surface area contributed by atoms with Gasteiger partial charge in [0.1, 0.15) is 30.2 Å². The van der Waals surface area contributed by atoms with Crippen molar-refractivity contribution in [3.8, 4) is 11.1 Å². The van der Waals surface area contributed by atoms with E-state index in [1.807, 2.05) is 0 Å². The molecule has 0 saturated carbocycles. The zero-order chi connectivity index (χ0) is 23.2. The van der Waals surface area contributed by atoms with E-state index in [4.69, 9.17) is 19.9 Å². The van der Waals surface area contributed by atoms with Crippen molar-refractivity contribution in [2.45, 2.75) is 30.5 Å². The number of methoxy groups -OCH3 is 1. The molecule has 2 aliphatic rings. The highest BCUT2D eigenvalue weighted by atomic mass is 16.6. The zero-order valence-electron chi connectivity index (χ0n) is 18.6. The number of imidazole rings is 1. The average molecular weight is 460 g/mol. The highest BCUT2D eigenvalue weighted by Gasteiger charge is 2.46. The van der Waals surface area contributed by atoms with Crippen molar-refractivity contribution in [1.29, 1.82) is 0 Å². The first-order chi connectivity index (χ1) is 16.7. The van der Waals surface area contributed by atoms with Crippen LogP contribution in [0.1, 0.15) is 23.3 Å². The van der Waals surface area contributed by atoms with Crippen LogP contribution in [0.3, 0.4) is 0 Å². The van der Waals surface area contributed by atoms with E-state index in [2.05, 4.69) is 63.5 Å². The molecule has 0 bridgehead atoms. The Morgan fingerprint density at radius 2 is 1.71 bits per heavy atom. The summed E-state index contributed by atoms with van der Waals surface area (Å²) in [6.07, 6.45) is 0.263. The van der Waals surface area contributed by atoms with Gasteiger partial charge in [0.15, 0.2) is 17.7 Å². The van der Waals surface area contributed by atoms with Gasteiger partial charge in [-0.3, -0.25) is 4.57 Å². The van der Waals surface area contributed by atoms with Crippen LogP contribution in [0, 0.1) is 0 Å². The number of fused-ring (bicyclic) bond motifs is 4. The molecule has 0 spiro atoms. The number of aromatic nitrogens is 4. The molecule has 1 saturated heterocycles. The monoisotopic (exact) mass is 459 g/mol. The molecule has 6 rings (SSSR count). The maximum atomic E-state index is 10.9. The fraction of sp³-hybridized carbons (Fsp3) is 0.320. The van der Waals surface area contributed by atoms with Crippen LogP contribution >= 0.6 is 0 Å². The fourth-order valence-corrected chi connectivity index (χ4v) is 5.13. The lowest BCUT2D eigenvalue weighted by atomic mass is 9.98. The number of nitrogens with zero attached hydrogens (tertiary/aromatic N) is 4. The van der Waals surface area contributed by atoms with E-state index in [-0.39, 0.29) is 18.3 Å². The second kappa shape index (κ2) is 8.44. The molecule has 0 radical (unpaired) electrons. The van der Waals surface area contributed by atoms with Crippen LogP contribution in [0.25, 0.3) is 22.3 Å². The van der Waals surface area contributed by atoms with Crippen LogP contribution in [0.4, 0.5) is 5.82 Å². The van der Waals surface area contributed by atoms with Crippen molar-refractivity contribution in [2.24, 2.45) is 0 Å². The number of benzene rings is 2. The van der Waals surface area contributed by atoms with E-state index >= 15 is 0 Å². The molecule has 174 valence electrons. The first kappa shape index (κ1) is 21.2. The topological polar surface area (TPSA) is 118 Å². The predicted molar refractivity (Wildman–Crippen MR) is 125 cm³/mol. The van der Waals surface area contributed by atoms with Gasteiger partial charge in [-0.15, -0.1) is 0 Å². The Morgan fingerprint density at radius 1 is 1.00 bits per heavy atom. The fourth-order valence-electron chi connectivity index (χ4n) is 5.13. The molecular weight excluding hydrogens is 434 g/mol. The zero-order valence-corrected chi connectivity index (χ0v) is 18.6. The van der Waals surface area contributed by atoms with Crippen molar-refractivity contribution < 1.29 is 19.3 Å². The van der Waals surface area contributed by atoms with Crippen molar-refractivity contribution >= 4 is 17.0 Å². The van der Waals surface area contributed by atoms with Crippen LogP contribution in [-0.2, 0) is 14.2 Å². The molecule has 0 unspecified atom stereocenters. The summed E-state index contributed by atoms with van der Waals surface area (Å²) in [7, 11) is 1.54. The van der Waals surface area contributed by atoms with Gasteiger partial charge in [0.2, 0.25) is 0 Å². The summed E-state index contributed by atoms with van der Waals surface area (Å²) in [5.41, 5.74) is 11.9. The Balaban J connectivity index is 1.19. The largest absolute Gasteiger partial charge is 0.387 e. The summed E-state index contributed by atoms with van der Waals surface area (Å²) in [5.74, 6) is 0.422. The number of aliphatic hydroxyl groups is 1. The third-order valence-electron chi connectivity index (χ3n) is 6.78. The van der Waals surface area contributed by atoms with E-state index in [0.717, 1.165) is 0 Å². The van der Waals surface area contributed by atoms with Crippen molar-refractivity contribution in [1.82, 2.24) is 19.5 Å². The molecule has 34 heavy (non-hydrogen) atoms. The van der Waals surface area contributed by atoms with Crippen molar-refractivity contribution in [3.05, 3.63) is 72.3 Å². The Morgan fingerprint density at radius 3 is 2.41 bits per heavy atom. The standard InChI is InChI=1S/C25H25N5O4/c1-32-22-21(31)19(34-25(22)30-13-29-20-23(26)27-12-28-24(20)30)11-33-10-18-16-8-4-2-6-14(16)15-7-3-5-9-17(15)18/h2-9,12-13,18-19,21-22,25,31H,10-11H2,1H3,(H2,26,27,28)/t19-,21-,22-,25-/m1/s1. The molecule has 9 nitrogen and oxygen atoms in total. The molecule has 3 heterocycles. The van der Waals surface area contributed by atoms with Gasteiger partial charge in [-0.2, -0.15) is 0 Å². The van der Waals surface area contributed by atoms with Gasteiger partial charge in [0.05, 0.1) is 19.5 Å². The van der Waals surface area contributed by atoms with E-state index in [1.54, 1.807) is 18.0 Å². The smallest absolute Gasteiger partial charge is 0.167 e. The summed E-state index contributed by atoms with van der Waals surface area (Å²) in [5, 5.41) is 10.9. The minimum atomic E-state index is -0.880. The highest BCUT2D eigenvalue weighted by Crippen LogP contribution is 2.44. The molecule has 1 aliphatic heterocycles. The number of anilines is 1. The SMILES string of the molecule is CO[C@@H]1[C@H](O)[C@@H](COCC2c3ccccc3-c3ccccc32)O[C@H]1n1cnc2c(N)ncnc21. The van der Waals surface area contributed by atoms with E-state index in [9.17, 15) is 5.11 Å². The molecular formula is C25H25N5O4. The van der Waals surface area contributed by atoms with Gasteiger partial charge in [0, 0.05) is 13.0 Å². The summed E-state index contributed by atoms with van der Waals surface area (Å²) in [6.45, 7) is 0.711. The number of hydrogen-bond acceptors (Lipinski definition) is 8. The molecule has 3 N–H and O–H groups in total. The van der Waals surface area contributed by atoms with Crippen LogP contribution in [0.2, 0.25) is 0 Å². The number of nitrogens with two attached hydrogens (primary N) is 1. The number of aliphatic hydroxyl groups excluding tert-OH is 1. The second-order valence-corrected chi connectivity index (χ2v) is 8.60. The maximum Gasteiger partial charge on any atom is 0.167 e. The van der Waals surface area contributed by atoms with Crippen molar-refractivity contribution in [3.63, 3.8) is 0 Å². The molecule has 2 aromatic carbocycles. The number of hydrogen-bond donors (Lipinski definition) is 2. The molecule has 9 heteroatoms. The van der Waals surface area contributed by atoms with Crippen LogP contribution < -0.4 is 5.73 Å². The minimum Gasteiger partial charge on any atom is -0.387 e. The summed E-state index contributed by atoms with van der Waals surface area (Å²) in [6, 6.07) is 16.8. The summed E-state index contributed by atoms with van der Waals surface area (Å²) >= 11 is 0. The Kier molecular flexibility index (Phi) is 5.26. The second-order valence-electron chi connectivity index (χ2n) is 8.60. The molecule has 0 amide bonds. The van der Waals surface area contributed by atoms with Crippen molar-refractivity contribution in [2.75, 3.05) is 26.1 Å². The molecule has 4 aromatic rings. The molecule has 1 aliphatic carbocycles. The van der Waals surface area contributed by atoms with Gasteiger partial charge in [0.25, 0.3) is 0 Å². The normalized spacial score (nSPS) is 23.9. The van der Waals surface area contributed by atoms with Crippen LogP contribution in [0.5, 0.6) is 0 Å². The summed E-state index contributed by atoms with van der Waals surface area (Å²) in [4.78, 5) is 12.6. The number of rotatable bonds is 6. The third kappa shape index (κ3) is 3.28. The van der Waals surface area contributed by atoms with E-state index in [0.29, 0.717) is 17.8 Å². The number of ether oxygens (including phenoxy) is 3. The number of nitrogen functional groups attached to an aromatic ring is 1. The Bertz CT molecular complexity index is 1300. The van der Waals surface area contributed by atoms with Gasteiger partial charge in [-0.05, 0) is 22.3 Å². The minimum absolute atomic E-state index is 0.136. The lowest BCUT2D eigenvalue weighted by Crippen LogP contribution is -2.35. The predicted octanol–water partition coefficient (Wildman–Crippen LogP) is 2.51. The Hall–Kier alpha value is -3.37. The quantitative estimate of drug-likeness (QED) is 0.452. The average Bonchev–Trinajstić information content (AvgIpc) is 3.52. The first-order valence-electron chi connectivity index (χ1n) is 11.2. The Labute approximate surface area is 196 Å². The van der Waals surface area contributed by atoms with Gasteiger partial charge in [-0.1, -0.05) is 48.5 Å². The first-order valence-corrected chi connectivity index (χ1v) is 11.2. The van der Waals surface area contributed by atoms with E-state index < -0.39 is 24.5 Å². The van der Waals surface area contributed by atoms with Gasteiger partial charge >= 0.3 is 0 Å². The molecule has 4 atom stereocenters. The lowest BCUT2D eigenvalue weighted by molar-refractivity contribution is -0.0692. The van der Waals surface area contributed by atoms with Gasteiger partial charge in [-0.25, -0.2) is 15.0 Å². The molecule has 2 aromatic heterocycles. The maximum absolute atomic E-state index is 10.9. The van der Waals surface area contributed by atoms with Gasteiger partial charge < -0.3 is 25.1 Å². The summed E-state index contributed by atoms with van der Waals surface area (Å²) < 4.78 is 19.6. The van der Waals surface area contributed by atoms with Crippen LogP contribution in [-0.4, -0.2) is 63.3 Å². The van der Waals surface area contributed by atoms with E-state index in [1.165, 1.54) is 28.6 Å². The third-order valence-corrected chi connectivity index (χ3v) is 6.78.